The molecule has 0 fully saturated rings. The van der Waals surface area contributed by atoms with Gasteiger partial charge in [0, 0.05) is 5.41 Å². The summed E-state index contributed by atoms with van der Waals surface area (Å²) in [5, 5.41) is 6.78. The Labute approximate surface area is 74.5 Å². The molecule has 0 saturated carbocycles. The minimum absolute atomic E-state index is 0.0590. The third kappa shape index (κ3) is 1.56. The highest BCUT2D eigenvalue weighted by Crippen LogP contribution is 2.30. The van der Waals surface area contributed by atoms with E-state index in [-0.39, 0.29) is 5.41 Å². The molecule has 0 saturated heterocycles. The van der Waals surface area contributed by atoms with Crippen molar-refractivity contribution in [3.63, 3.8) is 0 Å². The van der Waals surface area contributed by atoms with Gasteiger partial charge in [-0.05, 0) is 15.9 Å². The first-order chi connectivity index (χ1) is 4.93. The van der Waals surface area contributed by atoms with Crippen molar-refractivity contribution >= 4 is 21.7 Å². The van der Waals surface area contributed by atoms with E-state index < -0.39 is 0 Å². The number of hydrogen-bond donors (Lipinski definition) is 2. The molecular weight excluding hydrogens is 206 g/mol. The first-order valence-corrected chi connectivity index (χ1v) is 4.22. The van der Waals surface area contributed by atoms with E-state index in [4.69, 9.17) is 5.73 Å². The number of halogens is 1. The third-order valence-electron chi connectivity index (χ3n) is 1.48. The molecule has 0 spiro atoms. The molecular formula is C7H12BrN3. The zero-order valence-electron chi connectivity index (χ0n) is 6.90. The summed E-state index contributed by atoms with van der Waals surface area (Å²) in [6, 6.07) is 0. The Morgan fingerprint density at radius 1 is 1.45 bits per heavy atom. The fourth-order valence-corrected chi connectivity index (χ4v) is 1.61. The highest BCUT2D eigenvalue weighted by molar-refractivity contribution is 9.10. The van der Waals surface area contributed by atoms with Crippen LogP contribution in [0.25, 0.3) is 0 Å². The van der Waals surface area contributed by atoms with Gasteiger partial charge >= 0.3 is 0 Å². The number of aromatic nitrogens is 2. The molecule has 0 aliphatic carbocycles. The van der Waals surface area contributed by atoms with E-state index in [9.17, 15) is 0 Å². The number of rotatable bonds is 0. The van der Waals surface area contributed by atoms with Gasteiger partial charge in [0.2, 0.25) is 0 Å². The fraction of sp³-hybridized carbons (Fsp3) is 0.571. The second-order valence-corrected chi connectivity index (χ2v) is 4.34. The Morgan fingerprint density at radius 2 is 2.00 bits per heavy atom. The Bertz CT molecular complexity index is 259. The van der Waals surface area contributed by atoms with Crippen molar-refractivity contribution in [2.75, 3.05) is 5.73 Å². The second-order valence-electron chi connectivity index (χ2n) is 3.55. The molecule has 0 amide bonds. The van der Waals surface area contributed by atoms with Crippen LogP contribution < -0.4 is 5.73 Å². The summed E-state index contributed by atoms with van der Waals surface area (Å²) in [5.74, 6) is 0.523. The number of nitrogens with one attached hydrogen (secondary N) is 1. The lowest BCUT2D eigenvalue weighted by atomic mass is 9.92. The monoisotopic (exact) mass is 217 g/mol. The molecule has 0 aliphatic heterocycles. The van der Waals surface area contributed by atoms with Gasteiger partial charge in [-0.15, -0.1) is 0 Å². The van der Waals surface area contributed by atoms with Crippen LogP contribution in [0.2, 0.25) is 0 Å². The third-order valence-corrected chi connectivity index (χ3v) is 2.29. The van der Waals surface area contributed by atoms with Gasteiger partial charge in [-0.1, -0.05) is 20.8 Å². The van der Waals surface area contributed by atoms with E-state index in [0.29, 0.717) is 5.82 Å². The summed E-state index contributed by atoms with van der Waals surface area (Å²) < 4.78 is 0.880. The lowest BCUT2D eigenvalue weighted by Crippen LogP contribution is -2.12. The van der Waals surface area contributed by atoms with Gasteiger partial charge in [-0.2, -0.15) is 5.10 Å². The van der Waals surface area contributed by atoms with E-state index in [1.807, 2.05) is 0 Å². The smallest absolute Gasteiger partial charge is 0.159 e. The fourth-order valence-electron chi connectivity index (χ4n) is 0.839. The molecule has 62 valence electrons. The van der Waals surface area contributed by atoms with Crippen molar-refractivity contribution in [1.29, 1.82) is 0 Å². The van der Waals surface area contributed by atoms with Crippen LogP contribution in [0.4, 0.5) is 5.82 Å². The van der Waals surface area contributed by atoms with Crippen LogP contribution in [0, 0.1) is 0 Å². The van der Waals surface area contributed by atoms with Crippen LogP contribution in [-0.4, -0.2) is 10.2 Å². The normalized spacial score (nSPS) is 12.0. The minimum Gasteiger partial charge on any atom is -0.381 e. The average Bonchev–Trinajstić information content (AvgIpc) is 2.11. The molecule has 1 rings (SSSR count). The number of H-pyrrole nitrogens is 1. The van der Waals surface area contributed by atoms with Crippen molar-refractivity contribution in [2.45, 2.75) is 26.2 Å². The minimum atomic E-state index is 0.0590. The highest BCUT2D eigenvalue weighted by Gasteiger charge is 2.20. The number of nitrogen functional groups attached to an aromatic ring is 1. The molecule has 1 heterocycles. The average molecular weight is 218 g/mol. The summed E-state index contributed by atoms with van der Waals surface area (Å²) in [6.07, 6.45) is 0. The molecule has 0 bridgehead atoms. The van der Waals surface area contributed by atoms with Crippen LogP contribution in [-0.2, 0) is 5.41 Å². The SMILES string of the molecule is CC(C)(C)c1[nH]nc(N)c1Br. The zero-order chi connectivity index (χ0) is 8.65. The zero-order valence-corrected chi connectivity index (χ0v) is 8.49. The summed E-state index contributed by atoms with van der Waals surface area (Å²) in [6.45, 7) is 6.31. The van der Waals surface area contributed by atoms with Gasteiger partial charge in [0.1, 0.15) is 0 Å². The summed E-state index contributed by atoms with van der Waals surface area (Å²) in [7, 11) is 0. The Kier molecular flexibility index (Phi) is 1.96. The summed E-state index contributed by atoms with van der Waals surface area (Å²) in [4.78, 5) is 0. The Hall–Kier alpha value is -0.510. The number of nitrogens with two attached hydrogens (primary N) is 1. The molecule has 3 nitrogen and oxygen atoms in total. The van der Waals surface area contributed by atoms with Gasteiger partial charge in [-0.25, -0.2) is 0 Å². The molecule has 11 heavy (non-hydrogen) atoms. The van der Waals surface area contributed by atoms with Gasteiger partial charge in [0.25, 0.3) is 0 Å². The molecule has 1 aromatic rings. The molecule has 3 N–H and O–H groups in total. The van der Waals surface area contributed by atoms with Crippen molar-refractivity contribution in [3.05, 3.63) is 10.2 Å². The lowest BCUT2D eigenvalue weighted by molar-refractivity contribution is 0.564. The lowest BCUT2D eigenvalue weighted by Gasteiger charge is -2.16. The maximum Gasteiger partial charge on any atom is 0.159 e. The Balaban J connectivity index is 3.15. The van der Waals surface area contributed by atoms with Gasteiger partial charge in [0.15, 0.2) is 5.82 Å². The molecule has 0 aromatic carbocycles. The molecule has 4 heteroatoms. The van der Waals surface area contributed by atoms with E-state index in [1.165, 1.54) is 0 Å². The predicted molar refractivity (Wildman–Crippen MR) is 49.4 cm³/mol. The van der Waals surface area contributed by atoms with Crippen molar-refractivity contribution in [1.82, 2.24) is 10.2 Å². The number of aromatic amines is 1. The molecule has 0 atom stereocenters. The van der Waals surface area contributed by atoms with Crippen molar-refractivity contribution in [3.8, 4) is 0 Å². The predicted octanol–water partition coefficient (Wildman–Crippen LogP) is 2.05. The molecule has 0 radical (unpaired) electrons. The van der Waals surface area contributed by atoms with Crippen molar-refractivity contribution < 1.29 is 0 Å². The first-order valence-electron chi connectivity index (χ1n) is 3.42. The maximum absolute atomic E-state index is 5.55. The van der Waals surface area contributed by atoms with E-state index >= 15 is 0 Å². The summed E-state index contributed by atoms with van der Waals surface area (Å²) >= 11 is 3.37. The van der Waals surface area contributed by atoms with E-state index in [2.05, 4.69) is 46.9 Å². The van der Waals surface area contributed by atoms with Gasteiger partial charge in [0.05, 0.1) is 10.2 Å². The second kappa shape index (κ2) is 2.52. The van der Waals surface area contributed by atoms with Crippen LogP contribution >= 0.6 is 15.9 Å². The number of nitrogens with zero attached hydrogens (tertiary/aromatic N) is 1. The maximum atomic E-state index is 5.55. The Morgan fingerprint density at radius 3 is 2.18 bits per heavy atom. The quantitative estimate of drug-likeness (QED) is 0.700. The van der Waals surface area contributed by atoms with E-state index in [0.717, 1.165) is 10.2 Å². The summed E-state index contributed by atoms with van der Waals surface area (Å²) in [5.41, 5.74) is 6.64. The van der Waals surface area contributed by atoms with E-state index in [1.54, 1.807) is 0 Å². The molecule has 1 aromatic heterocycles. The largest absolute Gasteiger partial charge is 0.381 e. The molecule has 0 aliphatic rings. The van der Waals surface area contributed by atoms with Crippen LogP contribution in [0.5, 0.6) is 0 Å². The number of hydrogen-bond acceptors (Lipinski definition) is 2. The topological polar surface area (TPSA) is 54.7 Å². The molecule has 0 unspecified atom stereocenters. The van der Waals surface area contributed by atoms with Crippen molar-refractivity contribution in [2.24, 2.45) is 0 Å². The van der Waals surface area contributed by atoms with Crippen LogP contribution in [0.3, 0.4) is 0 Å². The standard InChI is InChI=1S/C7H12BrN3/c1-7(2,3)5-4(8)6(9)11-10-5/h1-3H3,(H3,9,10,11). The van der Waals surface area contributed by atoms with Crippen LogP contribution in [0.1, 0.15) is 26.5 Å². The highest BCUT2D eigenvalue weighted by atomic mass is 79.9. The van der Waals surface area contributed by atoms with Gasteiger partial charge in [-0.3, -0.25) is 5.10 Å². The van der Waals surface area contributed by atoms with Crippen LogP contribution in [0.15, 0.2) is 4.47 Å². The number of anilines is 1. The first kappa shape index (κ1) is 8.59. The van der Waals surface area contributed by atoms with Gasteiger partial charge < -0.3 is 5.73 Å².